The molecule has 0 atom stereocenters. The summed E-state index contributed by atoms with van der Waals surface area (Å²) in [5.74, 6) is 0.700. The Hall–Kier alpha value is -2.76. The van der Waals surface area contributed by atoms with E-state index in [-0.39, 0.29) is 11.4 Å². The Morgan fingerprint density at radius 2 is 2.10 bits per heavy atom. The predicted octanol–water partition coefficient (Wildman–Crippen LogP) is 2.92. The van der Waals surface area contributed by atoms with E-state index < -0.39 is 4.92 Å². The van der Waals surface area contributed by atoms with Crippen molar-refractivity contribution in [2.75, 3.05) is 12.4 Å². The largest absolute Gasteiger partial charge is 0.508 e. The Morgan fingerprint density at radius 1 is 1.30 bits per heavy atom. The zero-order valence-electron chi connectivity index (χ0n) is 10.9. The summed E-state index contributed by atoms with van der Waals surface area (Å²) in [6.07, 6.45) is 0. The van der Waals surface area contributed by atoms with Crippen LogP contribution in [-0.2, 0) is 6.54 Å². The fourth-order valence-electron chi connectivity index (χ4n) is 1.81. The molecular weight excluding hydrogens is 260 g/mol. The molecule has 104 valence electrons. The molecule has 0 saturated heterocycles. The molecule has 0 bridgehead atoms. The number of rotatable bonds is 5. The van der Waals surface area contributed by atoms with Gasteiger partial charge in [0.25, 0.3) is 5.69 Å². The maximum atomic E-state index is 10.8. The van der Waals surface area contributed by atoms with Crippen LogP contribution in [0.5, 0.6) is 11.5 Å². The van der Waals surface area contributed by atoms with Crippen LogP contribution in [0.15, 0.2) is 42.5 Å². The zero-order chi connectivity index (χ0) is 14.5. The first kappa shape index (κ1) is 13.7. The smallest absolute Gasteiger partial charge is 0.271 e. The minimum atomic E-state index is -0.459. The van der Waals surface area contributed by atoms with E-state index in [1.54, 1.807) is 24.3 Å². The van der Waals surface area contributed by atoms with E-state index in [0.29, 0.717) is 18.0 Å². The number of nitro groups is 1. The van der Waals surface area contributed by atoms with Crippen molar-refractivity contribution in [1.29, 1.82) is 0 Å². The number of phenolic OH excluding ortho intramolecular Hbond substituents is 1. The first-order valence-electron chi connectivity index (χ1n) is 5.94. The lowest BCUT2D eigenvalue weighted by Gasteiger charge is -2.11. The van der Waals surface area contributed by atoms with Gasteiger partial charge in [0, 0.05) is 18.7 Å². The average Bonchev–Trinajstić information content (AvgIpc) is 2.44. The monoisotopic (exact) mass is 274 g/mol. The highest BCUT2D eigenvalue weighted by molar-refractivity contribution is 5.61. The number of methoxy groups -OCH3 is 1. The van der Waals surface area contributed by atoms with E-state index in [2.05, 4.69) is 5.32 Å². The number of phenols is 1. The van der Waals surface area contributed by atoms with Gasteiger partial charge >= 0.3 is 0 Å². The van der Waals surface area contributed by atoms with Gasteiger partial charge in [-0.05, 0) is 23.8 Å². The highest BCUT2D eigenvalue weighted by atomic mass is 16.6. The number of nitrogens with zero attached hydrogens (tertiary/aromatic N) is 1. The third-order valence-corrected chi connectivity index (χ3v) is 2.79. The van der Waals surface area contributed by atoms with Crippen LogP contribution in [0.25, 0.3) is 0 Å². The maximum absolute atomic E-state index is 10.8. The molecule has 0 amide bonds. The van der Waals surface area contributed by atoms with Crippen LogP contribution in [0.2, 0.25) is 0 Å². The standard InChI is InChI=1S/C14H14N2O4/c1-20-14-6-5-11(16(18)19)8-13(14)15-9-10-3-2-4-12(17)7-10/h2-8,15,17H,9H2,1H3. The number of nitrogens with one attached hydrogen (secondary N) is 1. The minimum absolute atomic E-state index is 0.00999. The molecule has 0 aliphatic rings. The minimum Gasteiger partial charge on any atom is -0.508 e. The summed E-state index contributed by atoms with van der Waals surface area (Å²) in [5, 5.41) is 23.2. The highest BCUT2D eigenvalue weighted by Crippen LogP contribution is 2.29. The number of nitro benzene ring substituents is 1. The van der Waals surface area contributed by atoms with Crippen molar-refractivity contribution in [2.24, 2.45) is 0 Å². The van der Waals surface area contributed by atoms with E-state index in [1.807, 2.05) is 6.07 Å². The van der Waals surface area contributed by atoms with Gasteiger partial charge in [-0.3, -0.25) is 10.1 Å². The molecule has 0 aromatic heterocycles. The van der Waals surface area contributed by atoms with Gasteiger partial charge in [-0.15, -0.1) is 0 Å². The molecule has 0 spiro atoms. The van der Waals surface area contributed by atoms with Gasteiger partial charge < -0.3 is 15.2 Å². The third kappa shape index (κ3) is 3.17. The van der Waals surface area contributed by atoms with Crippen LogP contribution in [-0.4, -0.2) is 17.1 Å². The fourth-order valence-corrected chi connectivity index (χ4v) is 1.81. The van der Waals surface area contributed by atoms with Gasteiger partial charge in [-0.2, -0.15) is 0 Å². The summed E-state index contributed by atoms with van der Waals surface area (Å²) in [4.78, 5) is 10.3. The van der Waals surface area contributed by atoms with Gasteiger partial charge in [0.1, 0.15) is 11.5 Å². The van der Waals surface area contributed by atoms with Crippen LogP contribution in [0.3, 0.4) is 0 Å². The molecule has 2 aromatic rings. The van der Waals surface area contributed by atoms with Crippen molar-refractivity contribution in [3.05, 3.63) is 58.1 Å². The maximum Gasteiger partial charge on any atom is 0.271 e. The van der Waals surface area contributed by atoms with Crippen molar-refractivity contribution in [2.45, 2.75) is 6.54 Å². The van der Waals surface area contributed by atoms with Crippen LogP contribution in [0, 0.1) is 10.1 Å². The molecule has 0 radical (unpaired) electrons. The fraction of sp³-hybridized carbons (Fsp3) is 0.143. The molecule has 6 nitrogen and oxygen atoms in total. The summed E-state index contributed by atoms with van der Waals surface area (Å²) in [5.41, 5.74) is 1.38. The highest BCUT2D eigenvalue weighted by Gasteiger charge is 2.11. The van der Waals surface area contributed by atoms with E-state index in [9.17, 15) is 15.2 Å². The first-order chi connectivity index (χ1) is 9.60. The molecule has 2 N–H and O–H groups in total. The van der Waals surface area contributed by atoms with E-state index in [1.165, 1.54) is 19.2 Å². The zero-order valence-corrected chi connectivity index (χ0v) is 10.9. The van der Waals surface area contributed by atoms with Crippen molar-refractivity contribution >= 4 is 11.4 Å². The van der Waals surface area contributed by atoms with E-state index in [4.69, 9.17) is 4.74 Å². The number of hydrogen-bond acceptors (Lipinski definition) is 5. The van der Waals surface area contributed by atoms with Crippen molar-refractivity contribution < 1.29 is 14.8 Å². The second kappa shape index (κ2) is 5.92. The summed E-state index contributed by atoms with van der Waals surface area (Å²) >= 11 is 0. The Bertz CT molecular complexity index is 628. The average molecular weight is 274 g/mol. The lowest BCUT2D eigenvalue weighted by atomic mass is 10.2. The Morgan fingerprint density at radius 3 is 2.75 bits per heavy atom. The molecule has 20 heavy (non-hydrogen) atoms. The third-order valence-electron chi connectivity index (χ3n) is 2.79. The van der Waals surface area contributed by atoms with Crippen molar-refractivity contribution in [3.63, 3.8) is 0 Å². The molecule has 2 rings (SSSR count). The van der Waals surface area contributed by atoms with Crippen molar-refractivity contribution in [1.82, 2.24) is 0 Å². The first-order valence-corrected chi connectivity index (χ1v) is 5.94. The lowest BCUT2D eigenvalue weighted by Crippen LogP contribution is -2.02. The predicted molar refractivity (Wildman–Crippen MR) is 75.1 cm³/mol. The summed E-state index contributed by atoms with van der Waals surface area (Å²) in [6, 6.07) is 11.1. The topological polar surface area (TPSA) is 84.6 Å². The lowest BCUT2D eigenvalue weighted by molar-refractivity contribution is -0.384. The SMILES string of the molecule is COc1ccc([N+](=O)[O-])cc1NCc1cccc(O)c1. The molecule has 6 heteroatoms. The number of aromatic hydroxyl groups is 1. The summed E-state index contributed by atoms with van der Waals surface area (Å²) < 4.78 is 5.16. The van der Waals surface area contributed by atoms with Gasteiger partial charge in [0.05, 0.1) is 17.7 Å². The number of anilines is 1. The normalized spacial score (nSPS) is 10.1. The Labute approximate surface area is 115 Å². The van der Waals surface area contributed by atoms with Gasteiger partial charge in [0.2, 0.25) is 0 Å². The molecule has 0 unspecified atom stereocenters. The number of hydrogen-bond donors (Lipinski definition) is 2. The van der Waals surface area contributed by atoms with E-state index in [0.717, 1.165) is 5.56 Å². The number of benzene rings is 2. The quantitative estimate of drug-likeness (QED) is 0.646. The molecule has 0 saturated carbocycles. The number of non-ortho nitro benzene ring substituents is 1. The summed E-state index contributed by atoms with van der Waals surface area (Å²) in [7, 11) is 1.50. The van der Waals surface area contributed by atoms with E-state index >= 15 is 0 Å². The molecular formula is C14H14N2O4. The van der Waals surface area contributed by atoms with Crippen LogP contribution in [0.4, 0.5) is 11.4 Å². The molecule has 0 aliphatic heterocycles. The van der Waals surface area contributed by atoms with Crippen LogP contribution < -0.4 is 10.1 Å². The van der Waals surface area contributed by atoms with Gasteiger partial charge in [0.15, 0.2) is 0 Å². The Balaban J connectivity index is 2.19. The second-order valence-corrected chi connectivity index (χ2v) is 4.17. The van der Waals surface area contributed by atoms with Gasteiger partial charge in [-0.1, -0.05) is 12.1 Å². The Kier molecular flexibility index (Phi) is 4.05. The second-order valence-electron chi connectivity index (χ2n) is 4.17. The van der Waals surface area contributed by atoms with Crippen LogP contribution >= 0.6 is 0 Å². The molecule has 0 heterocycles. The van der Waals surface area contributed by atoms with Crippen LogP contribution in [0.1, 0.15) is 5.56 Å². The molecule has 2 aromatic carbocycles. The molecule has 0 aliphatic carbocycles. The summed E-state index contributed by atoms with van der Waals surface area (Å²) in [6.45, 7) is 0.423. The molecule has 0 fully saturated rings. The number of ether oxygens (including phenoxy) is 1. The van der Waals surface area contributed by atoms with Gasteiger partial charge in [-0.25, -0.2) is 0 Å². The van der Waals surface area contributed by atoms with Crippen molar-refractivity contribution in [3.8, 4) is 11.5 Å².